The third-order valence-electron chi connectivity index (χ3n) is 2.60. The lowest BCUT2D eigenvalue weighted by Gasteiger charge is -2.11. The minimum atomic E-state index is -0.278. The number of rotatable bonds is 6. The summed E-state index contributed by atoms with van der Waals surface area (Å²) in [6, 6.07) is 6.88. The third-order valence-corrected chi connectivity index (χ3v) is 3.01. The Morgan fingerprint density at radius 2 is 2.05 bits per heavy atom. The molecule has 0 aliphatic rings. The molecular weight excluding hydrogens is 322 g/mol. The molecule has 1 unspecified atom stereocenters. The molecule has 2 N–H and O–H groups in total. The maximum atomic E-state index is 11.9. The molecule has 6 heteroatoms. The van der Waals surface area contributed by atoms with E-state index in [0.717, 1.165) is 6.54 Å². The molecule has 20 heavy (non-hydrogen) atoms. The Morgan fingerprint density at radius 3 is 2.65 bits per heavy atom. The van der Waals surface area contributed by atoms with Crippen LogP contribution in [0.1, 0.15) is 17.3 Å². The summed E-state index contributed by atoms with van der Waals surface area (Å²) in [5.41, 5.74) is 1.14. The van der Waals surface area contributed by atoms with Crippen molar-refractivity contribution in [2.45, 2.75) is 11.8 Å². The first kappa shape index (κ1) is 16.7. The summed E-state index contributed by atoms with van der Waals surface area (Å²) < 4.78 is 0. The Balaban J connectivity index is 2.63. The summed E-state index contributed by atoms with van der Waals surface area (Å²) in [6.45, 7) is 3.11. The molecule has 0 aliphatic heterocycles. The van der Waals surface area contributed by atoms with Crippen LogP contribution in [0.2, 0.25) is 0 Å². The Morgan fingerprint density at radius 1 is 1.35 bits per heavy atom. The Kier molecular flexibility index (Phi) is 6.67. The number of carbonyl (C=O) groups is 2. The number of nitrogens with one attached hydrogen (secondary N) is 2. The van der Waals surface area contributed by atoms with Crippen molar-refractivity contribution in [3.05, 3.63) is 29.8 Å². The zero-order valence-corrected chi connectivity index (χ0v) is 13.5. The number of carbonyl (C=O) groups excluding carboxylic acids is 2. The highest BCUT2D eigenvalue weighted by atomic mass is 79.9. The van der Waals surface area contributed by atoms with Gasteiger partial charge in [0.05, 0.1) is 4.83 Å². The summed E-state index contributed by atoms with van der Waals surface area (Å²) in [7, 11) is 3.90. The fraction of sp³-hybridized carbons (Fsp3) is 0.429. The first-order valence-corrected chi connectivity index (χ1v) is 7.29. The predicted molar refractivity (Wildman–Crippen MR) is 84.3 cm³/mol. The van der Waals surface area contributed by atoms with E-state index in [2.05, 4.69) is 26.6 Å². The average Bonchev–Trinajstić information content (AvgIpc) is 2.38. The van der Waals surface area contributed by atoms with Gasteiger partial charge in [0.1, 0.15) is 0 Å². The van der Waals surface area contributed by atoms with Crippen LogP contribution >= 0.6 is 15.9 Å². The zero-order valence-electron chi connectivity index (χ0n) is 11.9. The van der Waals surface area contributed by atoms with Gasteiger partial charge in [0, 0.05) is 24.3 Å². The number of halogens is 1. The minimum absolute atomic E-state index is 0.143. The SMILES string of the molecule is CC(Br)C(=O)Nc1cccc(C(=O)NCCN(C)C)c1. The molecular formula is C14H20BrN3O2. The van der Waals surface area contributed by atoms with E-state index in [1.165, 1.54) is 0 Å². The molecule has 0 saturated carbocycles. The van der Waals surface area contributed by atoms with E-state index >= 15 is 0 Å². The summed E-state index contributed by atoms with van der Waals surface area (Å²) in [4.78, 5) is 25.2. The van der Waals surface area contributed by atoms with Crippen molar-refractivity contribution in [2.75, 3.05) is 32.5 Å². The normalized spacial score (nSPS) is 12.1. The molecule has 110 valence electrons. The first-order chi connectivity index (χ1) is 9.40. The Bertz CT molecular complexity index is 475. The van der Waals surface area contributed by atoms with Gasteiger partial charge < -0.3 is 15.5 Å². The van der Waals surface area contributed by atoms with E-state index in [1.54, 1.807) is 31.2 Å². The number of hydrogen-bond donors (Lipinski definition) is 2. The van der Waals surface area contributed by atoms with Crippen molar-refractivity contribution in [2.24, 2.45) is 0 Å². The maximum Gasteiger partial charge on any atom is 0.251 e. The van der Waals surface area contributed by atoms with Gasteiger partial charge >= 0.3 is 0 Å². The lowest BCUT2D eigenvalue weighted by Crippen LogP contribution is -2.31. The number of anilines is 1. The van der Waals surface area contributed by atoms with Crippen LogP contribution in [0, 0.1) is 0 Å². The largest absolute Gasteiger partial charge is 0.351 e. The summed E-state index contributed by atoms with van der Waals surface area (Å²) in [5.74, 6) is -0.287. The fourth-order valence-electron chi connectivity index (χ4n) is 1.47. The van der Waals surface area contributed by atoms with Crippen molar-refractivity contribution in [3.63, 3.8) is 0 Å². The van der Waals surface area contributed by atoms with Crippen molar-refractivity contribution in [1.82, 2.24) is 10.2 Å². The fourth-order valence-corrected chi connectivity index (χ4v) is 1.59. The molecule has 0 aromatic heterocycles. The lowest BCUT2D eigenvalue weighted by atomic mass is 10.2. The van der Waals surface area contributed by atoms with E-state index in [-0.39, 0.29) is 16.6 Å². The van der Waals surface area contributed by atoms with Crippen LogP contribution in [0.3, 0.4) is 0 Å². The molecule has 0 bridgehead atoms. The van der Waals surface area contributed by atoms with Gasteiger partial charge in [-0.3, -0.25) is 9.59 Å². The lowest BCUT2D eigenvalue weighted by molar-refractivity contribution is -0.115. The molecule has 1 aromatic carbocycles. The van der Waals surface area contributed by atoms with E-state index in [9.17, 15) is 9.59 Å². The molecule has 0 saturated heterocycles. The van der Waals surface area contributed by atoms with Crippen LogP contribution in [-0.2, 0) is 4.79 Å². The quantitative estimate of drug-likeness (QED) is 0.774. The van der Waals surface area contributed by atoms with Crippen LogP contribution in [0.15, 0.2) is 24.3 Å². The summed E-state index contributed by atoms with van der Waals surface area (Å²) in [5, 5.41) is 5.57. The molecule has 0 fully saturated rings. The highest BCUT2D eigenvalue weighted by Gasteiger charge is 2.10. The Labute approximate surface area is 127 Å². The molecule has 2 amide bonds. The van der Waals surface area contributed by atoms with Gasteiger partial charge in [-0.15, -0.1) is 0 Å². The van der Waals surface area contributed by atoms with Crippen LogP contribution in [0.25, 0.3) is 0 Å². The van der Waals surface area contributed by atoms with Crippen molar-refractivity contribution < 1.29 is 9.59 Å². The van der Waals surface area contributed by atoms with E-state index < -0.39 is 0 Å². The van der Waals surface area contributed by atoms with Gasteiger partial charge in [0.25, 0.3) is 5.91 Å². The number of amides is 2. The van der Waals surface area contributed by atoms with E-state index in [4.69, 9.17) is 0 Å². The first-order valence-electron chi connectivity index (χ1n) is 6.38. The smallest absolute Gasteiger partial charge is 0.251 e. The van der Waals surface area contributed by atoms with E-state index in [0.29, 0.717) is 17.8 Å². The van der Waals surface area contributed by atoms with E-state index in [1.807, 2.05) is 19.0 Å². The second kappa shape index (κ2) is 8.01. The maximum absolute atomic E-state index is 11.9. The topological polar surface area (TPSA) is 61.4 Å². The third kappa shape index (κ3) is 5.71. The highest BCUT2D eigenvalue weighted by Crippen LogP contribution is 2.12. The monoisotopic (exact) mass is 341 g/mol. The number of hydrogen-bond acceptors (Lipinski definition) is 3. The van der Waals surface area contributed by atoms with Crippen molar-refractivity contribution in [3.8, 4) is 0 Å². The van der Waals surface area contributed by atoms with Gasteiger partial charge in [-0.2, -0.15) is 0 Å². The zero-order chi connectivity index (χ0) is 15.1. The number of benzene rings is 1. The summed E-state index contributed by atoms with van der Waals surface area (Å²) >= 11 is 3.20. The van der Waals surface area contributed by atoms with Crippen LogP contribution in [0.5, 0.6) is 0 Å². The number of alkyl halides is 1. The molecule has 0 radical (unpaired) electrons. The average molecular weight is 342 g/mol. The summed E-state index contributed by atoms with van der Waals surface area (Å²) in [6.07, 6.45) is 0. The molecule has 5 nitrogen and oxygen atoms in total. The second-order valence-electron chi connectivity index (χ2n) is 4.75. The number of nitrogens with zero attached hydrogens (tertiary/aromatic N) is 1. The van der Waals surface area contributed by atoms with Gasteiger partial charge in [-0.1, -0.05) is 22.0 Å². The highest BCUT2D eigenvalue weighted by molar-refractivity contribution is 9.10. The molecule has 0 aliphatic carbocycles. The number of likely N-dealkylation sites (N-methyl/N-ethyl adjacent to an activating group) is 1. The van der Waals surface area contributed by atoms with Crippen LogP contribution in [-0.4, -0.2) is 48.7 Å². The standard InChI is InChI=1S/C14H20BrN3O2/c1-10(15)13(19)17-12-6-4-5-11(9-12)14(20)16-7-8-18(2)3/h4-6,9-10H,7-8H2,1-3H3,(H,16,20)(H,17,19). The molecule has 1 rings (SSSR count). The van der Waals surface area contributed by atoms with Crippen molar-refractivity contribution >= 4 is 33.4 Å². The molecule has 0 heterocycles. The van der Waals surface area contributed by atoms with Crippen molar-refractivity contribution in [1.29, 1.82) is 0 Å². The molecule has 0 spiro atoms. The van der Waals surface area contributed by atoms with Crippen LogP contribution < -0.4 is 10.6 Å². The minimum Gasteiger partial charge on any atom is -0.351 e. The Hall–Kier alpha value is -1.40. The molecule has 1 aromatic rings. The molecule has 1 atom stereocenters. The predicted octanol–water partition coefficient (Wildman–Crippen LogP) is 1.70. The second-order valence-corrected chi connectivity index (χ2v) is 6.12. The van der Waals surface area contributed by atoms with Crippen LogP contribution in [0.4, 0.5) is 5.69 Å². The van der Waals surface area contributed by atoms with Gasteiger partial charge in [0.2, 0.25) is 5.91 Å². The van der Waals surface area contributed by atoms with Gasteiger partial charge in [-0.25, -0.2) is 0 Å². The van der Waals surface area contributed by atoms with Gasteiger partial charge in [0.15, 0.2) is 0 Å². The van der Waals surface area contributed by atoms with Gasteiger partial charge in [-0.05, 0) is 39.2 Å².